The highest BCUT2D eigenvalue weighted by Gasteiger charge is 2.28. The number of likely N-dealkylation sites (tertiary alicyclic amines) is 1. The van der Waals surface area contributed by atoms with Crippen LogP contribution < -0.4 is 5.73 Å². The van der Waals surface area contributed by atoms with Crippen molar-refractivity contribution >= 4 is 24.2 Å². The van der Waals surface area contributed by atoms with Gasteiger partial charge in [-0.3, -0.25) is 14.5 Å². The van der Waals surface area contributed by atoms with Crippen molar-refractivity contribution in [2.45, 2.75) is 58.0 Å². The van der Waals surface area contributed by atoms with Crippen molar-refractivity contribution in [1.29, 1.82) is 0 Å². The van der Waals surface area contributed by atoms with E-state index in [-0.39, 0.29) is 30.3 Å². The van der Waals surface area contributed by atoms with Gasteiger partial charge in [-0.2, -0.15) is 0 Å². The Morgan fingerprint density at radius 1 is 1.12 bits per heavy atom. The van der Waals surface area contributed by atoms with Crippen LogP contribution in [0.5, 0.6) is 0 Å². The number of carbonyl (C=O) groups excluding carboxylic acids is 2. The van der Waals surface area contributed by atoms with Crippen LogP contribution in [0.25, 0.3) is 0 Å². The Morgan fingerprint density at radius 2 is 1.79 bits per heavy atom. The summed E-state index contributed by atoms with van der Waals surface area (Å²) in [5.41, 5.74) is 5.92. The average Bonchev–Trinajstić information content (AvgIpc) is 2.55. The molecule has 140 valence electrons. The molecule has 2 unspecified atom stereocenters. The molecule has 0 radical (unpaired) electrons. The van der Waals surface area contributed by atoms with Gasteiger partial charge in [0.05, 0.1) is 12.6 Å². The van der Waals surface area contributed by atoms with Gasteiger partial charge in [0.2, 0.25) is 11.8 Å². The van der Waals surface area contributed by atoms with Gasteiger partial charge >= 0.3 is 0 Å². The fraction of sp³-hybridized carbons (Fsp3) is 0.882. The second-order valence-electron chi connectivity index (χ2n) is 6.93. The molecule has 2 fully saturated rings. The monoisotopic (exact) mass is 360 g/mol. The van der Waals surface area contributed by atoms with Gasteiger partial charge in [0, 0.05) is 38.8 Å². The summed E-state index contributed by atoms with van der Waals surface area (Å²) in [6, 6.07) is -0.00598. The molecule has 0 bridgehead atoms. The lowest BCUT2D eigenvalue weighted by Gasteiger charge is -2.38. The third-order valence-electron chi connectivity index (χ3n) is 5.08. The van der Waals surface area contributed by atoms with Gasteiger partial charge in [0.1, 0.15) is 0 Å². The minimum Gasteiger partial charge on any atom is -0.339 e. The van der Waals surface area contributed by atoms with Crippen LogP contribution in [-0.2, 0) is 9.59 Å². The maximum absolute atomic E-state index is 12.5. The van der Waals surface area contributed by atoms with Crippen LogP contribution >= 0.6 is 12.4 Å². The van der Waals surface area contributed by atoms with Gasteiger partial charge in [-0.1, -0.05) is 13.3 Å². The lowest BCUT2D eigenvalue weighted by molar-refractivity contribution is -0.137. The largest absolute Gasteiger partial charge is 0.339 e. The zero-order valence-corrected chi connectivity index (χ0v) is 15.9. The Balaban J connectivity index is 0.00000288. The summed E-state index contributed by atoms with van der Waals surface area (Å²) < 4.78 is 0. The highest BCUT2D eigenvalue weighted by molar-refractivity contribution is 5.85. The third-order valence-corrected chi connectivity index (χ3v) is 5.08. The lowest BCUT2D eigenvalue weighted by Crippen LogP contribution is -2.55. The van der Waals surface area contributed by atoms with Crippen LogP contribution in [0.3, 0.4) is 0 Å². The van der Waals surface area contributed by atoms with Crippen LogP contribution in [0.4, 0.5) is 0 Å². The summed E-state index contributed by atoms with van der Waals surface area (Å²) >= 11 is 0. The molecule has 0 aromatic carbocycles. The zero-order chi connectivity index (χ0) is 16.8. The summed E-state index contributed by atoms with van der Waals surface area (Å²) in [5.74, 6) is 0.294. The smallest absolute Gasteiger partial charge is 0.239 e. The molecule has 0 spiro atoms. The van der Waals surface area contributed by atoms with Crippen LogP contribution in [0.2, 0.25) is 0 Å². The molecule has 2 saturated heterocycles. The number of piperazine rings is 1. The van der Waals surface area contributed by atoms with Crippen LogP contribution in [0.1, 0.15) is 46.0 Å². The number of amides is 2. The maximum Gasteiger partial charge on any atom is 0.239 e. The molecule has 0 aromatic rings. The van der Waals surface area contributed by atoms with E-state index in [2.05, 4.69) is 11.8 Å². The molecule has 2 heterocycles. The number of piperidine rings is 1. The Morgan fingerprint density at radius 3 is 2.38 bits per heavy atom. The molecule has 0 saturated carbocycles. The first kappa shape index (κ1) is 21.2. The van der Waals surface area contributed by atoms with E-state index >= 15 is 0 Å². The van der Waals surface area contributed by atoms with E-state index in [4.69, 9.17) is 5.73 Å². The van der Waals surface area contributed by atoms with Crippen LogP contribution in [-0.4, -0.2) is 77.9 Å². The molecule has 2 N–H and O–H groups in total. The number of halogens is 1. The predicted molar refractivity (Wildman–Crippen MR) is 98.2 cm³/mol. The van der Waals surface area contributed by atoms with E-state index in [1.54, 1.807) is 0 Å². The van der Waals surface area contributed by atoms with E-state index in [0.29, 0.717) is 25.7 Å². The number of hydrogen-bond acceptors (Lipinski definition) is 4. The van der Waals surface area contributed by atoms with Crippen molar-refractivity contribution in [3.8, 4) is 0 Å². The molecule has 7 heteroatoms. The summed E-state index contributed by atoms with van der Waals surface area (Å²) in [4.78, 5) is 30.7. The standard InChI is InChI=1S/C17H32N4O2.ClH/c1-3-6-15(18)17(23)20-11-9-19(10-12-20)13-16(22)21-8-5-4-7-14(21)2;/h14-15H,3-13,18H2,1-2H3;1H. The van der Waals surface area contributed by atoms with E-state index in [0.717, 1.165) is 45.3 Å². The molecule has 2 aliphatic heterocycles. The number of hydrogen-bond donors (Lipinski definition) is 1. The van der Waals surface area contributed by atoms with Crippen molar-refractivity contribution in [3.63, 3.8) is 0 Å². The van der Waals surface area contributed by atoms with Gasteiger partial charge < -0.3 is 15.5 Å². The molecule has 24 heavy (non-hydrogen) atoms. The maximum atomic E-state index is 12.5. The van der Waals surface area contributed by atoms with E-state index in [9.17, 15) is 9.59 Å². The molecule has 0 aromatic heterocycles. The molecule has 2 amide bonds. The molecule has 0 aliphatic carbocycles. The van der Waals surface area contributed by atoms with Gasteiger partial charge in [-0.05, 0) is 32.6 Å². The highest BCUT2D eigenvalue weighted by atomic mass is 35.5. The summed E-state index contributed by atoms with van der Waals surface area (Å²) in [5, 5.41) is 0. The quantitative estimate of drug-likeness (QED) is 0.796. The first-order valence-electron chi connectivity index (χ1n) is 9.09. The first-order valence-corrected chi connectivity index (χ1v) is 9.09. The first-order chi connectivity index (χ1) is 11.0. The van der Waals surface area contributed by atoms with E-state index in [1.807, 2.05) is 16.7 Å². The summed E-state index contributed by atoms with van der Waals surface area (Å²) in [6.45, 7) is 8.44. The highest BCUT2D eigenvalue weighted by Crippen LogP contribution is 2.17. The number of nitrogens with zero attached hydrogens (tertiary/aromatic N) is 3. The fourth-order valence-electron chi connectivity index (χ4n) is 3.55. The average molecular weight is 361 g/mol. The number of carbonyl (C=O) groups is 2. The molecular weight excluding hydrogens is 328 g/mol. The Labute approximate surface area is 152 Å². The van der Waals surface area contributed by atoms with Crippen molar-refractivity contribution < 1.29 is 9.59 Å². The number of nitrogens with two attached hydrogens (primary N) is 1. The van der Waals surface area contributed by atoms with Crippen molar-refractivity contribution in [3.05, 3.63) is 0 Å². The lowest BCUT2D eigenvalue weighted by atomic mass is 10.0. The molecule has 2 atom stereocenters. The van der Waals surface area contributed by atoms with Crippen molar-refractivity contribution in [1.82, 2.24) is 14.7 Å². The van der Waals surface area contributed by atoms with E-state index < -0.39 is 0 Å². The van der Waals surface area contributed by atoms with Gasteiger partial charge in [-0.25, -0.2) is 0 Å². The number of rotatable bonds is 5. The summed E-state index contributed by atoms with van der Waals surface area (Å²) in [6.07, 6.45) is 5.13. The van der Waals surface area contributed by atoms with Crippen molar-refractivity contribution in [2.24, 2.45) is 5.73 Å². The summed E-state index contributed by atoms with van der Waals surface area (Å²) in [7, 11) is 0. The predicted octanol–water partition coefficient (Wildman–Crippen LogP) is 1.08. The Bertz CT molecular complexity index is 413. The zero-order valence-electron chi connectivity index (χ0n) is 15.1. The minimum atomic E-state index is -0.373. The molecular formula is C17H33ClN4O2. The topological polar surface area (TPSA) is 69.9 Å². The molecule has 6 nitrogen and oxygen atoms in total. The minimum absolute atomic E-state index is 0. The van der Waals surface area contributed by atoms with Crippen molar-refractivity contribution in [2.75, 3.05) is 39.3 Å². The fourth-order valence-corrected chi connectivity index (χ4v) is 3.55. The molecule has 2 rings (SSSR count). The van der Waals surface area contributed by atoms with Gasteiger partial charge in [-0.15, -0.1) is 12.4 Å². The second-order valence-corrected chi connectivity index (χ2v) is 6.93. The second kappa shape index (κ2) is 10.2. The van der Waals surface area contributed by atoms with Gasteiger partial charge in [0.15, 0.2) is 0 Å². The van der Waals surface area contributed by atoms with Gasteiger partial charge in [0.25, 0.3) is 0 Å². The third kappa shape index (κ3) is 5.60. The normalized spacial score (nSPS) is 23.5. The van der Waals surface area contributed by atoms with Crippen LogP contribution in [0.15, 0.2) is 0 Å². The Kier molecular flexibility index (Phi) is 9.02. The van der Waals surface area contributed by atoms with Crippen LogP contribution in [0, 0.1) is 0 Å². The van der Waals surface area contributed by atoms with E-state index in [1.165, 1.54) is 6.42 Å². The molecule has 2 aliphatic rings. The SMILES string of the molecule is CCCC(N)C(=O)N1CCN(CC(=O)N2CCCCC2C)CC1.Cl. The Hall–Kier alpha value is -0.850.